The third-order valence-electron chi connectivity index (χ3n) is 4.85. The second-order valence-electron chi connectivity index (χ2n) is 7.23. The first-order chi connectivity index (χ1) is 15.5. The van der Waals surface area contributed by atoms with Crippen molar-refractivity contribution in [2.75, 3.05) is 5.73 Å². The van der Waals surface area contributed by atoms with Crippen molar-refractivity contribution in [3.05, 3.63) is 55.0 Å². The van der Waals surface area contributed by atoms with E-state index in [2.05, 4.69) is 33.3 Å². The van der Waals surface area contributed by atoms with Crippen molar-refractivity contribution >= 4 is 22.4 Å². The molecular formula is C25H33F2N5. The summed E-state index contributed by atoms with van der Waals surface area (Å²) in [6.45, 7) is 4.83. The highest BCUT2D eigenvalue weighted by molar-refractivity contribution is 5.88. The molecule has 3 heterocycles. The molecule has 1 aromatic carbocycles. The Hall–Kier alpha value is -3.09. The van der Waals surface area contributed by atoms with Crippen molar-refractivity contribution in [2.45, 2.75) is 65.7 Å². The lowest BCUT2D eigenvalue weighted by atomic mass is 10.0. The van der Waals surface area contributed by atoms with Gasteiger partial charge in [-0.2, -0.15) is 0 Å². The van der Waals surface area contributed by atoms with Crippen molar-refractivity contribution in [2.24, 2.45) is 0 Å². The van der Waals surface area contributed by atoms with Crippen molar-refractivity contribution in [3.8, 4) is 11.1 Å². The van der Waals surface area contributed by atoms with Crippen LogP contribution in [-0.4, -0.2) is 26.0 Å². The van der Waals surface area contributed by atoms with E-state index in [1.807, 2.05) is 38.2 Å². The molecule has 7 heteroatoms. The number of hydrogen-bond acceptors (Lipinski definition) is 4. The van der Waals surface area contributed by atoms with Gasteiger partial charge in [-0.3, -0.25) is 4.98 Å². The lowest BCUT2D eigenvalue weighted by molar-refractivity contribution is 0.171. The van der Waals surface area contributed by atoms with E-state index in [-0.39, 0.29) is 5.95 Å². The fourth-order valence-electron chi connectivity index (χ4n) is 3.46. The highest BCUT2D eigenvalue weighted by Gasteiger charge is 2.07. The van der Waals surface area contributed by atoms with Crippen LogP contribution in [0.5, 0.6) is 0 Å². The van der Waals surface area contributed by atoms with Crippen molar-refractivity contribution < 1.29 is 8.78 Å². The van der Waals surface area contributed by atoms with Crippen LogP contribution >= 0.6 is 0 Å². The van der Waals surface area contributed by atoms with Gasteiger partial charge in [0.15, 0.2) is 0 Å². The maximum atomic E-state index is 10.3. The van der Waals surface area contributed by atoms with Crippen LogP contribution in [0.25, 0.3) is 27.5 Å². The van der Waals surface area contributed by atoms with Gasteiger partial charge in [-0.05, 0) is 36.8 Å². The minimum Gasteiger partial charge on any atom is -0.367 e. The molecule has 0 unspecified atom stereocenters. The normalized spacial score (nSPS) is 12.8. The summed E-state index contributed by atoms with van der Waals surface area (Å²) >= 11 is 0. The van der Waals surface area contributed by atoms with Crippen molar-refractivity contribution in [3.63, 3.8) is 0 Å². The van der Waals surface area contributed by atoms with Gasteiger partial charge >= 0.3 is 0 Å². The monoisotopic (exact) mass is 441 g/mol. The molecule has 0 amide bonds. The van der Waals surface area contributed by atoms with Crippen LogP contribution in [0.15, 0.2) is 55.0 Å². The smallest absolute Gasteiger partial charge is 0.238 e. The van der Waals surface area contributed by atoms with Gasteiger partial charge in [0.2, 0.25) is 12.4 Å². The molecule has 0 aliphatic heterocycles. The Kier molecular flexibility index (Phi) is 10.5. The van der Waals surface area contributed by atoms with E-state index in [9.17, 15) is 8.78 Å². The molecule has 0 bridgehead atoms. The maximum Gasteiger partial charge on any atom is 0.238 e. The molecule has 1 fully saturated rings. The predicted molar refractivity (Wildman–Crippen MR) is 129 cm³/mol. The molecule has 4 aromatic rings. The molecule has 1 saturated carbocycles. The molecule has 1 aliphatic carbocycles. The Labute approximate surface area is 188 Å². The fourth-order valence-corrected chi connectivity index (χ4v) is 3.46. The van der Waals surface area contributed by atoms with E-state index in [1.54, 1.807) is 16.9 Å². The van der Waals surface area contributed by atoms with Crippen molar-refractivity contribution in [1.82, 2.24) is 19.6 Å². The topological polar surface area (TPSA) is 69.1 Å². The average molecular weight is 442 g/mol. The Morgan fingerprint density at radius 3 is 2.19 bits per heavy atom. The summed E-state index contributed by atoms with van der Waals surface area (Å²) in [7, 11) is 0. The van der Waals surface area contributed by atoms with Crippen LogP contribution in [0.4, 0.5) is 14.7 Å². The SMILES string of the molecule is C1CCCCC1.CC.CC(F)F.Nc1ncc2c(-c3ccc4ncccc4c3)ccn2n1. The number of aromatic nitrogens is 4. The number of hydrogen-bond donors (Lipinski definition) is 1. The minimum atomic E-state index is -2.17. The molecule has 5 nitrogen and oxygen atoms in total. The summed E-state index contributed by atoms with van der Waals surface area (Å²) in [4.78, 5) is 8.39. The number of pyridine rings is 1. The lowest BCUT2D eigenvalue weighted by Gasteiger charge is -2.05. The first-order valence-corrected chi connectivity index (χ1v) is 11.3. The molecule has 0 radical (unpaired) electrons. The van der Waals surface area contributed by atoms with E-state index in [0.29, 0.717) is 0 Å². The van der Waals surface area contributed by atoms with Crippen LogP contribution in [0.1, 0.15) is 59.3 Å². The van der Waals surface area contributed by atoms with Crippen molar-refractivity contribution in [1.29, 1.82) is 0 Å². The van der Waals surface area contributed by atoms with Crippen LogP contribution in [0.2, 0.25) is 0 Å². The highest BCUT2D eigenvalue weighted by Crippen LogP contribution is 2.27. The Morgan fingerprint density at radius 1 is 0.938 bits per heavy atom. The van der Waals surface area contributed by atoms with Gasteiger partial charge in [-0.1, -0.05) is 64.5 Å². The zero-order valence-electron chi connectivity index (χ0n) is 19.1. The Balaban J connectivity index is 0.000000252. The number of alkyl halides is 2. The largest absolute Gasteiger partial charge is 0.367 e. The quantitative estimate of drug-likeness (QED) is 0.340. The summed E-state index contributed by atoms with van der Waals surface area (Å²) in [6, 6.07) is 12.2. The standard InChI is InChI=1S/C15H11N5.C6H12.C2H4F2.C2H6/c16-15-18-9-14-12(5-7-20(14)19-15)10-3-4-13-11(8-10)2-1-6-17-13;1-2-4-6-5-3-1;1-2(3)4;1-2/h1-9H,(H2,16,19);1-6H2;2H,1H3;1-2H3. The summed E-state index contributed by atoms with van der Waals surface area (Å²) in [5, 5.41) is 5.27. The summed E-state index contributed by atoms with van der Waals surface area (Å²) < 4.78 is 22.4. The van der Waals surface area contributed by atoms with Crippen LogP contribution < -0.4 is 5.73 Å². The summed E-state index contributed by atoms with van der Waals surface area (Å²) in [6.07, 6.45) is 12.3. The molecule has 3 aromatic heterocycles. The molecular weight excluding hydrogens is 408 g/mol. The van der Waals surface area contributed by atoms with E-state index in [1.165, 1.54) is 38.5 Å². The number of benzene rings is 1. The van der Waals surface area contributed by atoms with Gasteiger partial charge in [0.1, 0.15) is 0 Å². The zero-order chi connectivity index (χ0) is 23.3. The van der Waals surface area contributed by atoms with Gasteiger partial charge in [-0.25, -0.2) is 18.3 Å². The minimum absolute atomic E-state index is 0.266. The summed E-state index contributed by atoms with van der Waals surface area (Å²) in [5.74, 6) is 0.266. The molecule has 2 N–H and O–H groups in total. The van der Waals surface area contributed by atoms with Gasteiger partial charge in [0.25, 0.3) is 0 Å². The van der Waals surface area contributed by atoms with Crippen LogP contribution in [0.3, 0.4) is 0 Å². The summed E-state index contributed by atoms with van der Waals surface area (Å²) in [5.41, 5.74) is 9.71. The number of fused-ring (bicyclic) bond motifs is 2. The number of rotatable bonds is 1. The molecule has 0 atom stereocenters. The lowest BCUT2D eigenvalue weighted by Crippen LogP contribution is -1.99. The molecule has 1 aliphatic rings. The second kappa shape index (κ2) is 13.3. The number of anilines is 1. The highest BCUT2D eigenvalue weighted by atomic mass is 19.3. The van der Waals surface area contributed by atoms with Gasteiger partial charge in [-0.15, -0.1) is 5.10 Å². The Morgan fingerprint density at radius 2 is 1.56 bits per heavy atom. The van der Waals surface area contributed by atoms with E-state index in [0.717, 1.165) is 34.5 Å². The second-order valence-corrected chi connectivity index (χ2v) is 7.23. The van der Waals surface area contributed by atoms with E-state index in [4.69, 9.17) is 5.73 Å². The first kappa shape index (κ1) is 25.2. The molecule has 172 valence electrons. The number of nitrogens with two attached hydrogens (primary N) is 1. The molecule has 0 saturated heterocycles. The number of nitrogens with zero attached hydrogens (tertiary/aromatic N) is 4. The molecule has 32 heavy (non-hydrogen) atoms. The third-order valence-corrected chi connectivity index (χ3v) is 4.85. The zero-order valence-corrected chi connectivity index (χ0v) is 19.1. The average Bonchev–Trinajstić information content (AvgIpc) is 3.24. The first-order valence-electron chi connectivity index (χ1n) is 11.3. The van der Waals surface area contributed by atoms with Gasteiger partial charge in [0.05, 0.1) is 17.2 Å². The van der Waals surface area contributed by atoms with Gasteiger partial charge in [0, 0.05) is 23.3 Å². The number of nitrogen functional groups attached to an aromatic ring is 1. The number of halogens is 2. The Bertz CT molecular complexity index is 1060. The molecule has 0 spiro atoms. The molecule has 5 rings (SSSR count). The fraction of sp³-hybridized carbons (Fsp3) is 0.400. The third kappa shape index (κ3) is 7.55. The van der Waals surface area contributed by atoms with E-state index < -0.39 is 6.43 Å². The maximum absolute atomic E-state index is 10.3. The van der Waals surface area contributed by atoms with Crippen LogP contribution in [0, 0.1) is 0 Å². The predicted octanol–water partition coefficient (Wildman–Crippen LogP) is 7.16. The van der Waals surface area contributed by atoms with E-state index >= 15 is 0 Å². The van der Waals surface area contributed by atoms with Crippen LogP contribution in [-0.2, 0) is 0 Å². The van der Waals surface area contributed by atoms with Gasteiger partial charge < -0.3 is 5.73 Å².